The van der Waals surface area contributed by atoms with Crippen LogP contribution >= 0.6 is 0 Å². The molecule has 0 aromatic heterocycles. The summed E-state index contributed by atoms with van der Waals surface area (Å²) in [5, 5.41) is 0. The number of rotatable bonds is 2. The van der Waals surface area contributed by atoms with Crippen molar-refractivity contribution < 1.29 is 0 Å². The Kier molecular flexibility index (Phi) is 7.67. The summed E-state index contributed by atoms with van der Waals surface area (Å²) in [7, 11) is 0. The molecule has 5 aromatic rings. The van der Waals surface area contributed by atoms with Crippen LogP contribution < -0.4 is 21.3 Å². The molecule has 260 valence electrons. The van der Waals surface area contributed by atoms with Crippen LogP contribution in [-0.2, 0) is 34.5 Å². The van der Waals surface area contributed by atoms with Crippen LogP contribution in [0.1, 0.15) is 128 Å². The maximum atomic E-state index is 2.61. The standard InChI is InChI=1S/C49H56BN/c1-46(2,3)33-19-23-36(24-20-33)51-43-26-22-35(48(7,8)9)30-42(43)50-41-29-34(47(4,5)6)21-25-39(41)49(10,11)40-27-32(28-44(51)45(40)50)38-18-14-16-31-15-12-13-17-37(31)38/h14,16,18-30H,12-13,15,17H2,1-11H3. The SMILES string of the molecule is CC(C)(C)c1ccc(N2c3ccc(C(C)(C)C)cc3B3c4cc(C(C)(C)C)ccc4C(C)(C)c4cc(-c5cccc6c5CCCC6)cc2c43)cc1. The number of anilines is 3. The fraction of sp³-hybridized carbons (Fsp3) is 0.388. The lowest BCUT2D eigenvalue weighted by molar-refractivity contribution is 0.588. The highest BCUT2D eigenvalue weighted by atomic mass is 15.2. The highest BCUT2D eigenvalue weighted by Gasteiger charge is 2.47. The largest absolute Gasteiger partial charge is 0.311 e. The van der Waals surface area contributed by atoms with Crippen molar-refractivity contribution >= 4 is 40.2 Å². The minimum atomic E-state index is -0.169. The highest BCUT2D eigenvalue weighted by molar-refractivity contribution is 6.99. The first-order valence-corrected chi connectivity index (χ1v) is 19.4. The lowest BCUT2D eigenvalue weighted by atomic mass is 9.29. The van der Waals surface area contributed by atoms with Crippen LogP contribution in [-0.4, -0.2) is 6.71 Å². The summed E-state index contributed by atoms with van der Waals surface area (Å²) >= 11 is 0. The van der Waals surface area contributed by atoms with Crippen LogP contribution in [0.4, 0.5) is 17.1 Å². The molecular formula is C49H56BN. The lowest BCUT2D eigenvalue weighted by Crippen LogP contribution is -2.64. The zero-order valence-electron chi connectivity index (χ0n) is 33.0. The minimum Gasteiger partial charge on any atom is -0.311 e. The van der Waals surface area contributed by atoms with E-state index in [-0.39, 0.29) is 28.4 Å². The Morgan fingerprint density at radius 1 is 0.569 bits per heavy atom. The van der Waals surface area contributed by atoms with Gasteiger partial charge in [-0.05, 0) is 127 Å². The molecule has 2 aliphatic heterocycles. The highest BCUT2D eigenvalue weighted by Crippen LogP contribution is 2.46. The van der Waals surface area contributed by atoms with Crippen molar-refractivity contribution in [2.24, 2.45) is 0 Å². The van der Waals surface area contributed by atoms with Crippen LogP contribution in [0.2, 0.25) is 0 Å². The fourth-order valence-corrected chi connectivity index (χ4v) is 9.29. The summed E-state index contributed by atoms with van der Waals surface area (Å²) in [6, 6.07) is 36.5. The van der Waals surface area contributed by atoms with Crippen molar-refractivity contribution in [3.05, 3.63) is 130 Å². The molecule has 0 unspecified atom stereocenters. The van der Waals surface area contributed by atoms with Gasteiger partial charge in [0.25, 0.3) is 0 Å². The first-order chi connectivity index (χ1) is 23.9. The molecule has 5 aromatic carbocycles. The molecule has 8 rings (SSSR count). The molecule has 0 saturated heterocycles. The number of benzene rings is 5. The van der Waals surface area contributed by atoms with Gasteiger partial charge < -0.3 is 4.90 Å². The van der Waals surface area contributed by atoms with Gasteiger partial charge in [0.2, 0.25) is 6.71 Å². The van der Waals surface area contributed by atoms with Crippen molar-refractivity contribution in [3.8, 4) is 11.1 Å². The summed E-state index contributed by atoms with van der Waals surface area (Å²) in [6.07, 6.45) is 4.92. The van der Waals surface area contributed by atoms with E-state index in [0.717, 1.165) is 0 Å². The van der Waals surface area contributed by atoms with Gasteiger partial charge in [-0.3, -0.25) is 0 Å². The van der Waals surface area contributed by atoms with Gasteiger partial charge in [0.1, 0.15) is 0 Å². The molecule has 0 N–H and O–H groups in total. The van der Waals surface area contributed by atoms with E-state index < -0.39 is 0 Å². The van der Waals surface area contributed by atoms with E-state index >= 15 is 0 Å². The van der Waals surface area contributed by atoms with Gasteiger partial charge in [0.05, 0.1) is 0 Å². The Hall–Kier alpha value is -4.04. The van der Waals surface area contributed by atoms with Gasteiger partial charge in [-0.1, -0.05) is 148 Å². The number of fused-ring (bicyclic) bond motifs is 5. The van der Waals surface area contributed by atoms with E-state index in [1.165, 1.54) is 104 Å². The summed E-state index contributed by atoms with van der Waals surface area (Å²) < 4.78 is 0. The topological polar surface area (TPSA) is 3.24 Å². The van der Waals surface area contributed by atoms with Crippen molar-refractivity contribution in [1.29, 1.82) is 0 Å². The Labute approximate surface area is 308 Å². The average Bonchev–Trinajstić information content (AvgIpc) is 3.08. The molecule has 2 heterocycles. The molecule has 0 fully saturated rings. The van der Waals surface area contributed by atoms with Crippen molar-refractivity contribution in [1.82, 2.24) is 0 Å². The molecule has 1 nitrogen and oxygen atoms in total. The lowest BCUT2D eigenvalue weighted by Gasteiger charge is -2.46. The van der Waals surface area contributed by atoms with Gasteiger partial charge in [-0.2, -0.15) is 0 Å². The molecule has 0 saturated carbocycles. The third-order valence-corrected chi connectivity index (χ3v) is 12.4. The molecule has 51 heavy (non-hydrogen) atoms. The van der Waals surface area contributed by atoms with E-state index in [2.05, 4.69) is 172 Å². The minimum absolute atomic E-state index is 0.0393. The van der Waals surface area contributed by atoms with E-state index in [4.69, 9.17) is 0 Å². The zero-order chi connectivity index (χ0) is 36.2. The van der Waals surface area contributed by atoms with Gasteiger partial charge in [0.15, 0.2) is 0 Å². The molecule has 2 heteroatoms. The molecule has 0 bridgehead atoms. The molecule has 0 spiro atoms. The van der Waals surface area contributed by atoms with E-state index in [9.17, 15) is 0 Å². The van der Waals surface area contributed by atoms with Crippen molar-refractivity contribution in [2.75, 3.05) is 4.90 Å². The first kappa shape index (κ1) is 34.1. The third kappa shape index (κ3) is 5.51. The Morgan fingerprint density at radius 2 is 1.18 bits per heavy atom. The van der Waals surface area contributed by atoms with Gasteiger partial charge in [-0.25, -0.2) is 0 Å². The summed E-state index contributed by atoms with van der Waals surface area (Å²) in [5.41, 5.74) is 21.2. The molecular weight excluding hydrogens is 613 g/mol. The van der Waals surface area contributed by atoms with E-state index in [1.54, 1.807) is 5.56 Å². The fourth-order valence-electron chi connectivity index (χ4n) is 9.29. The van der Waals surface area contributed by atoms with Crippen molar-refractivity contribution in [3.63, 3.8) is 0 Å². The third-order valence-electron chi connectivity index (χ3n) is 12.4. The predicted octanol–water partition coefficient (Wildman–Crippen LogP) is 11.1. The van der Waals surface area contributed by atoms with Crippen LogP contribution in [0.5, 0.6) is 0 Å². The average molecular weight is 670 g/mol. The van der Waals surface area contributed by atoms with Gasteiger partial charge in [0, 0.05) is 22.5 Å². The number of hydrogen-bond acceptors (Lipinski definition) is 1. The second kappa shape index (κ2) is 11.5. The Morgan fingerprint density at radius 3 is 1.84 bits per heavy atom. The zero-order valence-corrected chi connectivity index (χ0v) is 33.0. The molecule has 1 aliphatic carbocycles. The summed E-state index contributed by atoms with van der Waals surface area (Å²) in [4.78, 5) is 2.61. The van der Waals surface area contributed by atoms with Crippen LogP contribution in [0.3, 0.4) is 0 Å². The summed E-state index contributed by atoms with van der Waals surface area (Å²) in [5.74, 6) is 0. The number of hydrogen-bond donors (Lipinski definition) is 0. The molecule has 0 amide bonds. The van der Waals surface area contributed by atoms with E-state index in [1.807, 2.05) is 0 Å². The van der Waals surface area contributed by atoms with E-state index in [0.29, 0.717) is 0 Å². The number of aryl methyl sites for hydroxylation is 1. The Bertz CT molecular complexity index is 2180. The van der Waals surface area contributed by atoms with Crippen LogP contribution in [0.15, 0.2) is 91.0 Å². The second-order valence-corrected chi connectivity index (χ2v) is 19.4. The molecule has 0 radical (unpaired) electrons. The smallest absolute Gasteiger partial charge is 0.247 e. The van der Waals surface area contributed by atoms with Crippen LogP contribution in [0, 0.1) is 0 Å². The maximum Gasteiger partial charge on any atom is 0.247 e. The number of nitrogens with zero attached hydrogens (tertiary/aromatic N) is 1. The first-order valence-electron chi connectivity index (χ1n) is 19.4. The van der Waals surface area contributed by atoms with Gasteiger partial charge >= 0.3 is 0 Å². The normalized spacial score (nSPS) is 16.3. The second-order valence-electron chi connectivity index (χ2n) is 19.4. The van der Waals surface area contributed by atoms with Crippen LogP contribution in [0.25, 0.3) is 11.1 Å². The Balaban J connectivity index is 1.48. The van der Waals surface area contributed by atoms with Gasteiger partial charge in [-0.15, -0.1) is 0 Å². The maximum absolute atomic E-state index is 2.61. The quantitative estimate of drug-likeness (QED) is 0.166. The predicted molar refractivity (Wildman–Crippen MR) is 223 cm³/mol. The van der Waals surface area contributed by atoms with Crippen molar-refractivity contribution in [2.45, 2.75) is 124 Å². The molecule has 0 atom stereocenters. The summed E-state index contributed by atoms with van der Waals surface area (Å²) in [6.45, 7) is 26.1. The molecule has 3 aliphatic rings. The monoisotopic (exact) mass is 669 g/mol.